The third kappa shape index (κ3) is 2.81. The molecule has 2 rings (SSSR count). The van der Waals surface area contributed by atoms with Crippen LogP contribution in [0.4, 0.5) is 0 Å². The molecule has 0 atom stereocenters. The van der Waals surface area contributed by atoms with Gasteiger partial charge in [0.1, 0.15) is 6.33 Å². The van der Waals surface area contributed by atoms with Crippen molar-refractivity contribution in [3.8, 4) is 0 Å². The molecule has 5 heteroatoms. The lowest BCUT2D eigenvalue weighted by atomic mass is 10.1. The third-order valence-corrected chi connectivity index (χ3v) is 2.44. The monoisotopic (exact) mass is 237 g/mol. The summed E-state index contributed by atoms with van der Waals surface area (Å²) in [5.74, 6) is 0.746. The third-order valence-electron chi connectivity index (χ3n) is 2.19. The van der Waals surface area contributed by atoms with E-state index >= 15 is 0 Å². The molecule has 0 aliphatic carbocycles. The van der Waals surface area contributed by atoms with E-state index in [-0.39, 0.29) is 6.61 Å². The van der Waals surface area contributed by atoms with E-state index in [1.54, 1.807) is 11.0 Å². The zero-order chi connectivity index (χ0) is 11.4. The first-order valence-electron chi connectivity index (χ1n) is 5.01. The average Bonchev–Trinajstić information content (AvgIpc) is 2.70. The van der Waals surface area contributed by atoms with Crippen LogP contribution in [-0.4, -0.2) is 26.5 Å². The molecule has 0 unspecified atom stereocenters. The van der Waals surface area contributed by atoms with Gasteiger partial charge < -0.3 is 5.11 Å². The highest BCUT2D eigenvalue weighted by Crippen LogP contribution is 2.11. The van der Waals surface area contributed by atoms with Gasteiger partial charge in [-0.2, -0.15) is 5.10 Å². The Morgan fingerprint density at radius 3 is 2.69 bits per heavy atom. The molecule has 84 valence electrons. The Hall–Kier alpha value is -1.39. The van der Waals surface area contributed by atoms with Crippen molar-refractivity contribution < 1.29 is 5.11 Å². The van der Waals surface area contributed by atoms with Gasteiger partial charge in [-0.25, -0.2) is 4.98 Å². The van der Waals surface area contributed by atoms with Crippen molar-refractivity contribution in [2.45, 2.75) is 13.0 Å². The van der Waals surface area contributed by atoms with Crippen molar-refractivity contribution in [1.29, 1.82) is 0 Å². The Balaban J connectivity index is 2.05. The number of hydrogen-bond acceptors (Lipinski definition) is 3. The molecule has 1 aromatic heterocycles. The van der Waals surface area contributed by atoms with Crippen LogP contribution in [0, 0.1) is 0 Å². The van der Waals surface area contributed by atoms with Gasteiger partial charge in [0.15, 0.2) is 5.82 Å². The van der Waals surface area contributed by atoms with Gasteiger partial charge in [-0.3, -0.25) is 4.68 Å². The zero-order valence-corrected chi connectivity index (χ0v) is 9.43. The first-order chi connectivity index (χ1) is 7.78. The summed E-state index contributed by atoms with van der Waals surface area (Å²) in [4.78, 5) is 4.16. The van der Waals surface area contributed by atoms with E-state index in [9.17, 15) is 0 Å². The Labute approximate surface area is 98.5 Å². The summed E-state index contributed by atoms with van der Waals surface area (Å²) >= 11 is 5.80. The van der Waals surface area contributed by atoms with Crippen LogP contribution in [0.1, 0.15) is 11.4 Å². The number of aromatic nitrogens is 3. The molecule has 0 saturated heterocycles. The maximum atomic E-state index is 8.75. The van der Waals surface area contributed by atoms with E-state index < -0.39 is 0 Å². The summed E-state index contributed by atoms with van der Waals surface area (Å²) in [6, 6.07) is 7.60. The molecule has 0 amide bonds. The summed E-state index contributed by atoms with van der Waals surface area (Å²) in [5, 5.41) is 13.7. The number of aliphatic hydroxyl groups is 1. The minimum atomic E-state index is 0.0732. The molecule has 0 saturated carbocycles. The number of halogens is 1. The van der Waals surface area contributed by atoms with Crippen LogP contribution in [0.5, 0.6) is 0 Å². The SMILES string of the molecule is OCCn1cnc(Cc2ccc(Cl)cc2)n1. The minimum Gasteiger partial charge on any atom is -0.394 e. The second-order valence-corrected chi connectivity index (χ2v) is 3.89. The molecule has 2 aromatic rings. The number of nitrogens with zero attached hydrogens (tertiary/aromatic N) is 3. The minimum absolute atomic E-state index is 0.0732. The Bertz CT molecular complexity index is 453. The van der Waals surface area contributed by atoms with Crippen LogP contribution in [0.25, 0.3) is 0 Å². The molecule has 0 spiro atoms. The Morgan fingerprint density at radius 1 is 1.25 bits per heavy atom. The van der Waals surface area contributed by atoms with E-state index in [1.165, 1.54) is 0 Å². The number of aliphatic hydroxyl groups excluding tert-OH is 1. The van der Waals surface area contributed by atoms with Gasteiger partial charge in [0.2, 0.25) is 0 Å². The normalized spacial score (nSPS) is 10.6. The van der Waals surface area contributed by atoms with E-state index in [0.29, 0.717) is 13.0 Å². The molecule has 0 fully saturated rings. The largest absolute Gasteiger partial charge is 0.394 e. The van der Waals surface area contributed by atoms with Gasteiger partial charge in [0, 0.05) is 11.4 Å². The summed E-state index contributed by atoms with van der Waals surface area (Å²) in [6.07, 6.45) is 2.30. The smallest absolute Gasteiger partial charge is 0.154 e. The van der Waals surface area contributed by atoms with Gasteiger partial charge in [-0.1, -0.05) is 23.7 Å². The summed E-state index contributed by atoms with van der Waals surface area (Å²) in [7, 11) is 0. The van der Waals surface area contributed by atoms with Crippen molar-refractivity contribution >= 4 is 11.6 Å². The van der Waals surface area contributed by atoms with E-state index in [0.717, 1.165) is 16.4 Å². The second kappa shape index (κ2) is 5.09. The molecule has 1 N–H and O–H groups in total. The summed E-state index contributed by atoms with van der Waals surface area (Å²) < 4.78 is 1.63. The molecule has 0 bridgehead atoms. The van der Waals surface area contributed by atoms with Crippen molar-refractivity contribution in [3.05, 3.63) is 47.0 Å². The zero-order valence-electron chi connectivity index (χ0n) is 8.67. The number of rotatable bonds is 4. The van der Waals surface area contributed by atoms with Gasteiger partial charge in [0.25, 0.3) is 0 Å². The van der Waals surface area contributed by atoms with Gasteiger partial charge in [0.05, 0.1) is 13.2 Å². The lowest BCUT2D eigenvalue weighted by Gasteiger charge is -1.97. The van der Waals surface area contributed by atoms with Gasteiger partial charge in [-0.15, -0.1) is 0 Å². The number of benzene rings is 1. The molecule has 1 heterocycles. The van der Waals surface area contributed by atoms with Crippen LogP contribution < -0.4 is 0 Å². The maximum absolute atomic E-state index is 8.75. The molecular weight excluding hydrogens is 226 g/mol. The average molecular weight is 238 g/mol. The van der Waals surface area contributed by atoms with Gasteiger partial charge >= 0.3 is 0 Å². The highest BCUT2D eigenvalue weighted by atomic mass is 35.5. The highest BCUT2D eigenvalue weighted by Gasteiger charge is 2.02. The quantitative estimate of drug-likeness (QED) is 0.877. The topological polar surface area (TPSA) is 50.9 Å². The lowest BCUT2D eigenvalue weighted by molar-refractivity contribution is 0.269. The first-order valence-corrected chi connectivity index (χ1v) is 5.39. The molecule has 4 nitrogen and oxygen atoms in total. The van der Waals surface area contributed by atoms with E-state index in [2.05, 4.69) is 10.1 Å². The van der Waals surface area contributed by atoms with Crippen LogP contribution in [0.2, 0.25) is 5.02 Å². The molecule has 0 aliphatic heterocycles. The van der Waals surface area contributed by atoms with Crippen LogP contribution in [-0.2, 0) is 13.0 Å². The summed E-state index contributed by atoms with van der Waals surface area (Å²) in [6.45, 7) is 0.553. The first kappa shape index (κ1) is 11.1. The summed E-state index contributed by atoms with van der Waals surface area (Å²) in [5.41, 5.74) is 1.12. The molecular formula is C11H12ClN3O. The van der Waals surface area contributed by atoms with Crippen LogP contribution in [0.15, 0.2) is 30.6 Å². The molecule has 16 heavy (non-hydrogen) atoms. The molecule has 1 aromatic carbocycles. The van der Waals surface area contributed by atoms with Crippen molar-refractivity contribution in [1.82, 2.24) is 14.8 Å². The van der Waals surface area contributed by atoms with Crippen molar-refractivity contribution in [2.24, 2.45) is 0 Å². The van der Waals surface area contributed by atoms with Crippen LogP contribution in [0.3, 0.4) is 0 Å². The van der Waals surface area contributed by atoms with Crippen LogP contribution >= 0.6 is 11.6 Å². The Kier molecular flexibility index (Phi) is 3.54. The lowest BCUT2D eigenvalue weighted by Crippen LogP contribution is -2.03. The van der Waals surface area contributed by atoms with E-state index in [4.69, 9.17) is 16.7 Å². The number of hydrogen-bond donors (Lipinski definition) is 1. The highest BCUT2D eigenvalue weighted by molar-refractivity contribution is 6.30. The second-order valence-electron chi connectivity index (χ2n) is 3.45. The Morgan fingerprint density at radius 2 is 2.00 bits per heavy atom. The predicted molar refractivity (Wildman–Crippen MR) is 61.4 cm³/mol. The fraction of sp³-hybridized carbons (Fsp3) is 0.273. The molecule has 0 radical (unpaired) electrons. The fourth-order valence-corrected chi connectivity index (χ4v) is 1.54. The van der Waals surface area contributed by atoms with Gasteiger partial charge in [-0.05, 0) is 17.7 Å². The standard InChI is InChI=1S/C11H12ClN3O/c12-10-3-1-9(2-4-10)7-11-13-8-15(14-11)5-6-16/h1-4,8,16H,5-7H2. The van der Waals surface area contributed by atoms with Crippen molar-refractivity contribution in [2.75, 3.05) is 6.61 Å². The van der Waals surface area contributed by atoms with E-state index in [1.807, 2.05) is 24.3 Å². The maximum Gasteiger partial charge on any atom is 0.154 e. The fourth-order valence-electron chi connectivity index (χ4n) is 1.41. The molecule has 0 aliphatic rings. The van der Waals surface area contributed by atoms with Crippen molar-refractivity contribution in [3.63, 3.8) is 0 Å². The predicted octanol–water partition coefficient (Wildman–Crippen LogP) is 1.51.